The van der Waals surface area contributed by atoms with E-state index in [0.29, 0.717) is 5.06 Å². The van der Waals surface area contributed by atoms with E-state index < -0.39 is 12.1 Å². The highest BCUT2D eigenvalue weighted by atomic mass is 16.8. The van der Waals surface area contributed by atoms with Gasteiger partial charge >= 0.3 is 12.1 Å². The van der Waals surface area contributed by atoms with Gasteiger partial charge in [-0.25, -0.2) is 19.7 Å². The Morgan fingerprint density at radius 1 is 1.22 bits per heavy atom. The smallest absolute Gasteiger partial charge is 0.389 e. The normalized spacial score (nSPS) is 14.4. The van der Waals surface area contributed by atoms with Crippen molar-refractivity contribution in [2.24, 2.45) is 5.92 Å². The Kier molecular flexibility index (Phi) is 4.46. The van der Waals surface area contributed by atoms with Gasteiger partial charge in [-0.1, -0.05) is 17.9 Å². The lowest BCUT2D eigenvalue weighted by molar-refractivity contribution is -0.149. The fourth-order valence-electron chi connectivity index (χ4n) is 2.34. The number of nitrogens with one attached hydrogen (secondary N) is 1. The van der Waals surface area contributed by atoms with Gasteiger partial charge in [0, 0.05) is 18.5 Å². The Hall–Kier alpha value is -2.97. The van der Waals surface area contributed by atoms with Gasteiger partial charge in [-0.3, -0.25) is 4.98 Å². The summed E-state index contributed by atoms with van der Waals surface area (Å²) in [5.74, 6) is -0.506. The molecule has 0 bridgehead atoms. The SMILES string of the molecule is O=C(ON(C(=O)Oc1ccn[nH]1)c1cnccn1)C1CCCC1. The van der Waals surface area contributed by atoms with Crippen LogP contribution in [0.1, 0.15) is 25.7 Å². The quantitative estimate of drug-likeness (QED) is 0.860. The molecule has 0 spiro atoms. The maximum absolute atomic E-state index is 12.3. The van der Waals surface area contributed by atoms with E-state index in [-0.39, 0.29) is 17.6 Å². The third kappa shape index (κ3) is 3.62. The Morgan fingerprint density at radius 3 is 2.70 bits per heavy atom. The molecule has 1 saturated carbocycles. The number of carbonyl (C=O) groups excluding carboxylic acids is 2. The first kappa shape index (κ1) is 14.9. The average Bonchev–Trinajstić information content (AvgIpc) is 3.26. The lowest BCUT2D eigenvalue weighted by Gasteiger charge is -2.20. The monoisotopic (exact) mass is 317 g/mol. The van der Waals surface area contributed by atoms with Crippen LogP contribution in [-0.2, 0) is 9.63 Å². The number of hydroxylamine groups is 1. The van der Waals surface area contributed by atoms with E-state index in [2.05, 4.69) is 20.2 Å². The highest BCUT2D eigenvalue weighted by molar-refractivity contribution is 5.88. The number of H-pyrrole nitrogens is 1. The van der Waals surface area contributed by atoms with Crippen molar-refractivity contribution < 1.29 is 19.2 Å². The number of amides is 1. The maximum atomic E-state index is 12.3. The predicted molar refractivity (Wildman–Crippen MR) is 77.2 cm³/mol. The molecule has 1 aliphatic carbocycles. The summed E-state index contributed by atoms with van der Waals surface area (Å²) in [4.78, 5) is 37.5. The van der Waals surface area contributed by atoms with Crippen molar-refractivity contribution >= 4 is 17.9 Å². The van der Waals surface area contributed by atoms with Gasteiger partial charge in [0.1, 0.15) is 0 Å². The second kappa shape index (κ2) is 6.86. The zero-order chi connectivity index (χ0) is 16.1. The lowest BCUT2D eigenvalue weighted by Crippen LogP contribution is -2.38. The first-order valence-corrected chi connectivity index (χ1v) is 7.23. The molecule has 0 radical (unpaired) electrons. The second-order valence-electron chi connectivity index (χ2n) is 5.04. The van der Waals surface area contributed by atoms with Crippen molar-refractivity contribution in [1.82, 2.24) is 20.2 Å². The summed E-state index contributed by atoms with van der Waals surface area (Å²) >= 11 is 0. The lowest BCUT2D eigenvalue weighted by atomic mass is 10.1. The summed E-state index contributed by atoms with van der Waals surface area (Å²) in [5, 5.41) is 6.86. The van der Waals surface area contributed by atoms with Gasteiger partial charge in [0.25, 0.3) is 0 Å². The van der Waals surface area contributed by atoms with Gasteiger partial charge < -0.3 is 9.57 Å². The molecule has 2 aromatic heterocycles. The number of hydrogen-bond acceptors (Lipinski definition) is 7. The highest BCUT2D eigenvalue weighted by Gasteiger charge is 2.31. The first-order valence-electron chi connectivity index (χ1n) is 7.23. The van der Waals surface area contributed by atoms with Gasteiger partial charge in [-0.15, -0.1) is 0 Å². The average molecular weight is 317 g/mol. The van der Waals surface area contributed by atoms with E-state index in [4.69, 9.17) is 9.57 Å². The third-order valence-corrected chi connectivity index (χ3v) is 3.47. The molecule has 0 aliphatic heterocycles. The summed E-state index contributed by atoms with van der Waals surface area (Å²) in [5.41, 5.74) is 0. The van der Waals surface area contributed by atoms with Crippen LogP contribution in [-0.4, -0.2) is 32.2 Å². The molecule has 23 heavy (non-hydrogen) atoms. The number of anilines is 1. The van der Waals surface area contributed by atoms with E-state index in [1.54, 1.807) is 0 Å². The fraction of sp³-hybridized carbons (Fsp3) is 0.357. The molecular weight excluding hydrogens is 302 g/mol. The van der Waals surface area contributed by atoms with Crippen molar-refractivity contribution in [3.05, 3.63) is 30.9 Å². The molecule has 1 N–H and O–H groups in total. The van der Waals surface area contributed by atoms with Crippen molar-refractivity contribution in [2.45, 2.75) is 25.7 Å². The van der Waals surface area contributed by atoms with Crippen LogP contribution < -0.4 is 9.80 Å². The van der Waals surface area contributed by atoms with E-state index >= 15 is 0 Å². The minimum atomic E-state index is -0.916. The van der Waals surface area contributed by atoms with Crippen molar-refractivity contribution in [2.75, 3.05) is 5.06 Å². The Labute approximate surface area is 131 Å². The Balaban J connectivity index is 1.76. The van der Waals surface area contributed by atoms with E-state index in [1.807, 2.05) is 0 Å². The van der Waals surface area contributed by atoms with E-state index in [0.717, 1.165) is 25.7 Å². The van der Waals surface area contributed by atoms with Gasteiger partial charge in [0.05, 0.1) is 18.3 Å². The maximum Gasteiger partial charge on any atom is 0.456 e. The van der Waals surface area contributed by atoms with E-state index in [9.17, 15) is 9.59 Å². The van der Waals surface area contributed by atoms with Crippen LogP contribution in [0.5, 0.6) is 5.88 Å². The molecule has 9 heteroatoms. The molecule has 2 aromatic rings. The molecule has 0 unspecified atom stereocenters. The summed E-state index contributed by atoms with van der Waals surface area (Å²) < 4.78 is 5.06. The van der Waals surface area contributed by atoms with Gasteiger partial charge in [-0.2, -0.15) is 5.10 Å². The Bertz CT molecular complexity index is 655. The van der Waals surface area contributed by atoms with Crippen LogP contribution in [0.4, 0.5) is 10.6 Å². The molecule has 1 aliphatic rings. The fourth-order valence-corrected chi connectivity index (χ4v) is 2.34. The van der Waals surface area contributed by atoms with Gasteiger partial charge in [0.15, 0.2) is 5.82 Å². The number of aromatic amines is 1. The number of hydrogen-bond donors (Lipinski definition) is 1. The molecule has 9 nitrogen and oxygen atoms in total. The number of nitrogens with zero attached hydrogens (tertiary/aromatic N) is 4. The molecule has 2 heterocycles. The summed E-state index contributed by atoms with van der Waals surface area (Å²) in [7, 11) is 0. The van der Waals surface area contributed by atoms with Crippen LogP contribution in [0.2, 0.25) is 0 Å². The van der Waals surface area contributed by atoms with Crippen LogP contribution in [0, 0.1) is 5.92 Å². The van der Waals surface area contributed by atoms with Crippen LogP contribution >= 0.6 is 0 Å². The van der Waals surface area contributed by atoms with Gasteiger partial charge in [-0.05, 0) is 12.8 Å². The highest BCUT2D eigenvalue weighted by Crippen LogP contribution is 2.26. The number of carbonyl (C=O) groups is 2. The van der Waals surface area contributed by atoms with Crippen molar-refractivity contribution in [1.29, 1.82) is 0 Å². The molecular formula is C14H15N5O4. The first-order chi connectivity index (χ1) is 11.2. The molecule has 3 rings (SSSR count). The van der Waals surface area contributed by atoms with E-state index in [1.165, 1.54) is 30.9 Å². The zero-order valence-electron chi connectivity index (χ0n) is 12.2. The molecule has 0 atom stereocenters. The van der Waals surface area contributed by atoms with Crippen LogP contribution in [0.15, 0.2) is 30.9 Å². The minimum Gasteiger partial charge on any atom is -0.389 e. The van der Waals surface area contributed by atoms with Crippen LogP contribution in [0.25, 0.3) is 0 Å². The molecule has 0 aromatic carbocycles. The summed E-state index contributed by atoms with van der Waals surface area (Å²) in [6.45, 7) is 0. The number of rotatable bonds is 3. The third-order valence-electron chi connectivity index (χ3n) is 3.47. The van der Waals surface area contributed by atoms with Crippen LogP contribution in [0.3, 0.4) is 0 Å². The molecule has 0 saturated heterocycles. The topological polar surface area (TPSA) is 110 Å². The summed E-state index contributed by atoms with van der Waals surface area (Å²) in [6.07, 6.45) is 8.10. The van der Waals surface area contributed by atoms with Crippen molar-refractivity contribution in [3.63, 3.8) is 0 Å². The Morgan fingerprint density at radius 2 is 2.04 bits per heavy atom. The standard InChI is InChI=1S/C14H15N5O4/c20-13(10-3-1-2-4-10)23-19(11-9-15-7-8-16-11)14(21)22-12-5-6-17-18-12/h5-10H,1-4H2,(H,17,18). The largest absolute Gasteiger partial charge is 0.456 e. The zero-order valence-corrected chi connectivity index (χ0v) is 12.2. The number of aromatic nitrogens is 4. The summed E-state index contributed by atoms with van der Waals surface area (Å²) in [6, 6.07) is 1.46. The predicted octanol–water partition coefficient (Wildman–Crippen LogP) is 1.85. The molecule has 1 fully saturated rings. The molecule has 120 valence electrons. The second-order valence-corrected chi connectivity index (χ2v) is 5.04. The molecule has 1 amide bonds. The minimum absolute atomic E-state index is 0.0587. The van der Waals surface area contributed by atoms with Crippen molar-refractivity contribution in [3.8, 4) is 5.88 Å². The van der Waals surface area contributed by atoms with Gasteiger partial charge in [0.2, 0.25) is 5.88 Å². The number of ether oxygens (including phenoxy) is 1.